The molecule has 0 aliphatic heterocycles. The van der Waals surface area contributed by atoms with Crippen LogP contribution in [0.5, 0.6) is 5.75 Å². The summed E-state index contributed by atoms with van der Waals surface area (Å²) in [6, 6.07) is 14.5. The number of ether oxygens (including phenoxy) is 1. The van der Waals surface area contributed by atoms with E-state index < -0.39 is 0 Å². The van der Waals surface area contributed by atoms with Gasteiger partial charge in [-0.25, -0.2) is 15.0 Å². The molecule has 2 aromatic carbocycles. The van der Waals surface area contributed by atoms with E-state index in [2.05, 4.69) is 51.4 Å². The summed E-state index contributed by atoms with van der Waals surface area (Å²) in [6.45, 7) is 5.58. The Kier molecular flexibility index (Phi) is 6.44. The van der Waals surface area contributed by atoms with Gasteiger partial charge >= 0.3 is 0 Å². The molecule has 0 radical (unpaired) electrons. The summed E-state index contributed by atoms with van der Waals surface area (Å²) in [7, 11) is 4.08. The minimum absolute atomic E-state index is 0.0533. The van der Waals surface area contributed by atoms with E-state index in [-0.39, 0.29) is 6.04 Å². The van der Waals surface area contributed by atoms with Crippen molar-refractivity contribution in [3.8, 4) is 16.9 Å². The van der Waals surface area contributed by atoms with Crippen molar-refractivity contribution in [2.75, 3.05) is 32.6 Å². The first-order valence-corrected chi connectivity index (χ1v) is 11.2. The third kappa shape index (κ3) is 5.18. The molecule has 0 aliphatic rings. The van der Waals surface area contributed by atoms with Gasteiger partial charge in [-0.15, -0.1) is 11.3 Å². The van der Waals surface area contributed by atoms with Gasteiger partial charge in [-0.3, -0.25) is 0 Å². The van der Waals surface area contributed by atoms with Gasteiger partial charge in [0, 0.05) is 18.3 Å². The molecule has 0 saturated carbocycles. The zero-order valence-electron chi connectivity index (χ0n) is 18.3. The molecule has 7 heteroatoms. The molecule has 4 aromatic rings. The number of aryl methyl sites for hydroxylation is 1. The Morgan fingerprint density at radius 2 is 2.00 bits per heavy atom. The van der Waals surface area contributed by atoms with E-state index >= 15 is 0 Å². The van der Waals surface area contributed by atoms with Crippen LogP contribution in [0.1, 0.15) is 24.4 Å². The van der Waals surface area contributed by atoms with Crippen molar-refractivity contribution in [1.82, 2.24) is 19.9 Å². The van der Waals surface area contributed by atoms with Crippen molar-refractivity contribution in [3.63, 3.8) is 0 Å². The number of nitrogens with one attached hydrogen (secondary N) is 1. The highest BCUT2D eigenvalue weighted by molar-refractivity contribution is 7.16. The van der Waals surface area contributed by atoms with Crippen molar-refractivity contribution in [2.45, 2.75) is 19.9 Å². The first-order valence-electron chi connectivity index (χ1n) is 10.3. The van der Waals surface area contributed by atoms with E-state index in [1.165, 1.54) is 0 Å². The fourth-order valence-electron chi connectivity index (χ4n) is 3.32. The van der Waals surface area contributed by atoms with Gasteiger partial charge in [0.05, 0.1) is 21.8 Å². The van der Waals surface area contributed by atoms with Crippen LogP contribution >= 0.6 is 11.3 Å². The molecule has 1 atom stereocenters. The molecular weight excluding hydrogens is 406 g/mol. The summed E-state index contributed by atoms with van der Waals surface area (Å²) in [6.07, 6.45) is 1.89. The SMILES string of the molecule is Cc1ncc(-c2ccc3ncsc3c2)c(NC(C)c2cccc(OCCN(C)C)c2)n1. The highest BCUT2D eigenvalue weighted by Crippen LogP contribution is 2.32. The second-order valence-corrected chi connectivity index (χ2v) is 8.69. The monoisotopic (exact) mass is 433 g/mol. The Morgan fingerprint density at radius 1 is 1.13 bits per heavy atom. The summed E-state index contributed by atoms with van der Waals surface area (Å²) >= 11 is 1.64. The number of rotatable bonds is 8. The van der Waals surface area contributed by atoms with Crippen LogP contribution in [-0.4, -0.2) is 47.1 Å². The molecule has 0 fully saturated rings. The zero-order chi connectivity index (χ0) is 21.8. The first-order chi connectivity index (χ1) is 15.0. The van der Waals surface area contributed by atoms with Crippen LogP contribution < -0.4 is 10.1 Å². The van der Waals surface area contributed by atoms with Gasteiger partial charge in [-0.05, 0) is 63.3 Å². The molecule has 2 heterocycles. The van der Waals surface area contributed by atoms with Gasteiger partial charge in [-0.1, -0.05) is 18.2 Å². The Labute approximate surface area is 187 Å². The molecule has 0 saturated heterocycles. The Morgan fingerprint density at radius 3 is 2.84 bits per heavy atom. The third-order valence-electron chi connectivity index (χ3n) is 5.07. The van der Waals surface area contributed by atoms with Crippen molar-refractivity contribution >= 4 is 27.4 Å². The Bertz CT molecular complexity index is 1170. The largest absolute Gasteiger partial charge is 0.492 e. The number of aromatic nitrogens is 3. The van der Waals surface area contributed by atoms with Gasteiger partial charge in [0.2, 0.25) is 0 Å². The summed E-state index contributed by atoms with van der Waals surface area (Å²) < 4.78 is 7.06. The summed E-state index contributed by atoms with van der Waals surface area (Å²) in [4.78, 5) is 15.6. The van der Waals surface area contributed by atoms with Crippen molar-refractivity contribution in [2.24, 2.45) is 0 Å². The first kappa shape index (κ1) is 21.2. The maximum Gasteiger partial charge on any atom is 0.138 e. The molecule has 0 aliphatic carbocycles. The highest BCUT2D eigenvalue weighted by Gasteiger charge is 2.14. The molecule has 31 heavy (non-hydrogen) atoms. The van der Waals surface area contributed by atoms with E-state index in [0.29, 0.717) is 6.61 Å². The quantitative estimate of drug-likeness (QED) is 0.413. The second-order valence-electron chi connectivity index (χ2n) is 7.80. The Balaban J connectivity index is 1.57. The number of hydrogen-bond acceptors (Lipinski definition) is 7. The van der Waals surface area contributed by atoms with Gasteiger partial charge in [0.1, 0.15) is 24.0 Å². The standard InChI is InChI=1S/C24H27N5OS/c1-16(18-6-5-7-20(12-18)30-11-10-29(3)4)27-24-21(14-25-17(2)28-24)19-8-9-22-23(13-19)31-15-26-22/h5-9,12-16H,10-11H2,1-4H3,(H,25,27,28). The fourth-order valence-corrected chi connectivity index (χ4v) is 4.04. The lowest BCUT2D eigenvalue weighted by Gasteiger charge is -2.19. The molecule has 1 N–H and O–H groups in total. The molecule has 0 amide bonds. The lowest BCUT2D eigenvalue weighted by Crippen LogP contribution is -2.19. The third-order valence-corrected chi connectivity index (χ3v) is 5.86. The lowest BCUT2D eigenvalue weighted by molar-refractivity contribution is 0.261. The predicted octanol–water partition coefficient (Wildman–Crippen LogP) is 5.18. The van der Waals surface area contributed by atoms with Crippen molar-refractivity contribution < 1.29 is 4.74 Å². The van der Waals surface area contributed by atoms with Gasteiger partial charge in [0.25, 0.3) is 0 Å². The number of hydrogen-bond donors (Lipinski definition) is 1. The summed E-state index contributed by atoms with van der Waals surface area (Å²) in [5.41, 5.74) is 6.08. The van der Waals surface area contributed by atoms with Gasteiger partial charge < -0.3 is 15.0 Å². The number of fused-ring (bicyclic) bond motifs is 1. The number of benzene rings is 2. The lowest BCUT2D eigenvalue weighted by atomic mass is 10.1. The van der Waals surface area contributed by atoms with Crippen molar-refractivity contribution in [3.05, 3.63) is 65.6 Å². The van der Waals surface area contributed by atoms with Crippen LogP contribution in [0.4, 0.5) is 5.82 Å². The Hall–Kier alpha value is -3.03. The molecule has 6 nitrogen and oxygen atoms in total. The number of likely N-dealkylation sites (N-methyl/N-ethyl adjacent to an activating group) is 1. The maximum atomic E-state index is 5.90. The molecule has 1 unspecified atom stereocenters. The molecule has 4 rings (SSSR count). The number of nitrogens with zero attached hydrogens (tertiary/aromatic N) is 4. The average Bonchev–Trinajstić information content (AvgIpc) is 3.22. The predicted molar refractivity (Wildman–Crippen MR) is 128 cm³/mol. The smallest absolute Gasteiger partial charge is 0.138 e. The molecular formula is C24H27N5OS. The zero-order valence-corrected chi connectivity index (χ0v) is 19.1. The molecule has 0 spiro atoms. The molecule has 2 aromatic heterocycles. The number of anilines is 1. The van der Waals surface area contributed by atoms with Crippen LogP contribution in [0.3, 0.4) is 0 Å². The van der Waals surface area contributed by atoms with E-state index in [1.807, 2.05) is 50.9 Å². The normalized spacial score (nSPS) is 12.3. The van der Waals surface area contributed by atoms with E-state index in [0.717, 1.165) is 50.8 Å². The van der Waals surface area contributed by atoms with Crippen LogP contribution in [0.2, 0.25) is 0 Å². The van der Waals surface area contributed by atoms with Crippen LogP contribution in [0.15, 0.2) is 54.2 Å². The minimum atomic E-state index is 0.0533. The average molecular weight is 434 g/mol. The van der Waals surface area contributed by atoms with Crippen LogP contribution in [0.25, 0.3) is 21.3 Å². The van der Waals surface area contributed by atoms with Crippen LogP contribution in [0, 0.1) is 6.92 Å². The summed E-state index contributed by atoms with van der Waals surface area (Å²) in [5.74, 6) is 2.43. The second kappa shape index (κ2) is 9.41. The minimum Gasteiger partial charge on any atom is -0.492 e. The number of thiazole rings is 1. The highest BCUT2D eigenvalue weighted by atomic mass is 32.1. The maximum absolute atomic E-state index is 5.90. The summed E-state index contributed by atoms with van der Waals surface area (Å²) in [5, 5.41) is 3.58. The fraction of sp³-hybridized carbons (Fsp3) is 0.292. The van der Waals surface area contributed by atoms with Crippen molar-refractivity contribution in [1.29, 1.82) is 0 Å². The van der Waals surface area contributed by atoms with Crippen LogP contribution in [-0.2, 0) is 0 Å². The molecule has 0 bridgehead atoms. The topological polar surface area (TPSA) is 63.2 Å². The van der Waals surface area contributed by atoms with E-state index in [1.54, 1.807) is 11.3 Å². The van der Waals surface area contributed by atoms with E-state index in [4.69, 9.17) is 9.72 Å². The van der Waals surface area contributed by atoms with E-state index in [9.17, 15) is 0 Å². The van der Waals surface area contributed by atoms with Gasteiger partial charge in [-0.2, -0.15) is 0 Å². The molecule has 160 valence electrons. The van der Waals surface area contributed by atoms with Gasteiger partial charge in [0.15, 0.2) is 0 Å².